The lowest BCUT2D eigenvalue weighted by atomic mass is 10.1. The quantitative estimate of drug-likeness (QED) is 0.260. The van der Waals surface area contributed by atoms with Crippen LogP contribution < -0.4 is 4.74 Å². The first-order valence-electron chi connectivity index (χ1n) is 9.65. The maximum atomic E-state index is 12.3. The largest absolute Gasteiger partial charge is 0.493 e. The smallest absolute Gasteiger partial charge is 0.331 e. The molecule has 0 radical (unpaired) electrons. The number of benzene rings is 1. The van der Waals surface area contributed by atoms with Gasteiger partial charge in [0.1, 0.15) is 11.4 Å². The lowest BCUT2D eigenvalue weighted by Crippen LogP contribution is -2.27. The zero-order valence-corrected chi connectivity index (χ0v) is 17.3. The van der Waals surface area contributed by atoms with Crippen LogP contribution in [0.15, 0.2) is 36.6 Å². The zero-order valence-electron chi connectivity index (χ0n) is 17.3. The highest BCUT2D eigenvalue weighted by Crippen LogP contribution is 2.27. The summed E-state index contributed by atoms with van der Waals surface area (Å²) in [6.45, 7) is 6.25. The number of aryl methyl sites for hydroxylation is 1. The van der Waals surface area contributed by atoms with E-state index >= 15 is 0 Å². The van der Waals surface area contributed by atoms with Crippen molar-refractivity contribution in [2.45, 2.75) is 32.6 Å². The van der Waals surface area contributed by atoms with E-state index in [1.165, 1.54) is 11.9 Å². The summed E-state index contributed by atoms with van der Waals surface area (Å²) in [7, 11) is 3.05. The number of hydrogen-bond donors (Lipinski definition) is 0. The van der Waals surface area contributed by atoms with Gasteiger partial charge in [0.15, 0.2) is 0 Å². The molecule has 0 aromatic heterocycles. The Balaban J connectivity index is 1.90. The average molecular weight is 400 g/mol. The molecule has 7 heteroatoms. The Morgan fingerprint density at radius 3 is 2.38 bits per heavy atom. The number of rotatable bonds is 10. The third-order valence-electron chi connectivity index (χ3n) is 4.62. The zero-order chi connectivity index (χ0) is 21.4. The molecule has 1 aliphatic heterocycles. The molecule has 1 heterocycles. The minimum atomic E-state index is -0.395. The predicted octanol–water partition coefficient (Wildman–Crippen LogP) is 3.53. The van der Waals surface area contributed by atoms with Gasteiger partial charge in [-0.2, -0.15) is 0 Å². The topological polar surface area (TPSA) is 76.1 Å². The predicted molar refractivity (Wildman–Crippen MR) is 110 cm³/mol. The van der Waals surface area contributed by atoms with E-state index in [2.05, 4.69) is 6.58 Å². The lowest BCUT2D eigenvalue weighted by molar-refractivity contribution is -0.137. The van der Waals surface area contributed by atoms with Crippen LogP contribution in [0.3, 0.4) is 0 Å². The maximum absolute atomic E-state index is 12.3. The second-order valence-corrected chi connectivity index (χ2v) is 6.91. The third-order valence-corrected chi connectivity index (χ3v) is 4.62. The van der Waals surface area contributed by atoms with E-state index in [4.69, 9.17) is 9.47 Å². The molecular weight excluding hydrogens is 372 g/mol. The van der Waals surface area contributed by atoms with Gasteiger partial charge in [0, 0.05) is 25.7 Å². The Morgan fingerprint density at radius 1 is 1.07 bits per heavy atom. The van der Waals surface area contributed by atoms with Crippen molar-refractivity contribution in [3.05, 3.63) is 47.7 Å². The molecule has 0 atom stereocenters. The van der Waals surface area contributed by atoms with Crippen molar-refractivity contribution in [1.29, 1.82) is 0 Å². The fraction of sp³-hybridized carbons (Fsp3) is 0.409. The molecule has 1 aromatic rings. The average Bonchev–Trinajstić information content (AvgIpc) is 2.89. The van der Waals surface area contributed by atoms with Gasteiger partial charge >= 0.3 is 12.0 Å². The summed E-state index contributed by atoms with van der Waals surface area (Å²) in [5, 5.41) is 0. The second-order valence-electron chi connectivity index (χ2n) is 6.91. The number of urea groups is 1. The van der Waals surface area contributed by atoms with Crippen LogP contribution in [0.5, 0.6) is 5.75 Å². The molecule has 7 nitrogen and oxygen atoms in total. The molecule has 156 valence electrons. The van der Waals surface area contributed by atoms with Crippen LogP contribution in [0.1, 0.15) is 36.8 Å². The summed E-state index contributed by atoms with van der Waals surface area (Å²) in [5.41, 5.74) is 2.12. The monoisotopic (exact) mass is 400 g/mol. The van der Waals surface area contributed by atoms with Gasteiger partial charge in [-0.25, -0.2) is 9.59 Å². The van der Waals surface area contributed by atoms with E-state index in [0.717, 1.165) is 47.8 Å². The van der Waals surface area contributed by atoms with Gasteiger partial charge in [0.2, 0.25) is 0 Å². The Kier molecular flexibility index (Phi) is 8.00. The normalized spacial score (nSPS) is 15.2. The van der Waals surface area contributed by atoms with Gasteiger partial charge in [0.25, 0.3) is 5.91 Å². The van der Waals surface area contributed by atoms with Crippen molar-refractivity contribution >= 4 is 24.0 Å². The van der Waals surface area contributed by atoms with Crippen molar-refractivity contribution in [3.63, 3.8) is 0 Å². The van der Waals surface area contributed by atoms with Crippen LogP contribution in [0.2, 0.25) is 0 Å². The summed E-state index contributed by atoms with van der Waals surface area (Å²) in [4.78, 5) is 37.6. The van der Waals surface area contributed by atoms with Crippen LogP contribution >= 0.6 is 0 Å². The Bertz CT molecular complexity index is 815. The fourth-order valence-corrected chi connectivity index (χ4v) is 2.92. The molecule has 0 unspecified atom stereocenters. The number of carbonyl (C=O) groups is 3. The SMILES string of the molecule is C=CC(=O)OCCCCCCOc1ccc(C)cc1/C=C1/C(=O)N(C)C(=O)N1C. The van der Waals surface area contributed by atoms with E-state index in [9.17, 15) is 14.4 Å². The number of unbranched alkanes of at least 4 members (excludes halogenated alkanes) is 3. The van der Waals surface area contributed by atoms with Gasteiger partial charge in [0.05, 0.1) is 13.2 Å². The Morgan fingerprint density at radius 2 is 1.76 bits per heavy atom. The highest BCUT2D eigenvalue weighted by Gasteiger charge is 2.35. The Hall–Kier alpha value is -3.09. The first-order chi connectivity index (χ1) is 13.8. The van der Waals surface area contributed by atoms with Crippen LogP contribution in [-0.2, 0) is 14.3 Å². The minimum Gasteiger partial charge on any atom is -0.493 e. The molecule has 2 rings (SSSR count). The van der Waals surface area contributed by atoms with Crippen molar-refractivity contribution < 1.29 is 23.9 Å². The standard InChI is InChI=1S/C22H28N2O5/c1-5-20(25)29-13-9-7-6-8-12-28-19-11-10-16(2)14-17(19)15-18-21(26)24(4)22(27)23(18)3/h5,10-11,14-15H,1,6-9,12-13H2,2-4H3/b18-15-. The molecule has 0 saturated carbocycles. The first-order valence-corrected chi connectivity index (χ1v) is 9.65. The fourth-order valence-electron chi connectivity index (χ4n) is 2.92. The molecule has 29 heavy (non-hydrogen) atoms. The van der Waals surface area contributed by atoms with Crippen molar-refractivity contribution in [3.8, 4) is 5.75 Å². The summed E-state index contributed by atoms with van der Waals surface area (Å²) >= 11 is 0. The Labute approximate surface area is 171 Å². The molecular formula is C22H28N2O5. The molecule has 0 bridgehead atoms. The molecule has 1 fully saturated rings. The van der Waals surface area contributed by atoms with Gasteiger partial charge in [-0.15, -0.1) is 0 Å². The summed E-state index contributed by atoms with van der Waals surface area (Å²) in [6.07, 6.45) is 6.41. The van der Waals surface area contributed by atoms with E-state index in [0.29, 0.717) is 24.7 Å². The first kappa shape index (κ1) is 22.2. The lowest BCUT2D eigenvalue weighted by Gasteiger charge is -2.12. The van der Waals surface area contributed by atoms with Crippen molar-refractivity contribution in [1.82, 2.24) is 9.80 Å². The maximum Gasteiger partial charge on any atom is 0.331 e. The molecule has 0 aliphatic carbocycles. The summed E-state index contributed by atoms with van der Waals surface area (Å²) < 4.78 is 10.9. The highest BCUT2D eigenvalue weighted by atomic mass is 16.5. The number of likely N-dealkylation sites (N-methyl/N-ethyl adjacent to an activating group) is 2. The van der Waals surface area contributed by atoms with Crippen LogP contribution in [0.25, 0.3) is 6.08 Å². The number of carbonyl (C=O) groups excluding carboxylic acids is 3. The molecule has 0 N–H and O–H groups in total. The molecule has 1 aromatic carbocycles. The van der Waals surface area contributed by atoms with Crippen molar-refractivity contribution in [2.24, 2.45) is 0 Å². The molecule has 1 saturated heterocycles. The molecule has 0 spiro atoms. The van der Waals surface area contributed by atoms with Gasteiger partial charge in [-0.05, 0) is 50.8 Å². The van der Waals surface area contributed by atoms with Gasteiger partial charge < -0.3 is 9.47 Å². The van der Waals surface area contributed by atoms with Crippen LogP contribution in [0, 0.1) is 6.92 Å². The van der Waals surface area contributed by atoms with E-state index in [1.807, 2.05) is 25.1 Å². The number of ether oxygens (including phenoxy) is 2. The number of hydrogen-bond acceptors (Lipinski definition) is 5. The number of esters is 1. The van der Waals surface area contributed by atoms with E-state index in [1.54, 1.807) is 13.1 Å². The summed E-state index contributed by atoms with van der Waals surface area (Å²) in [5.74, 6) is -0.0537. The minimum absolute atomic E-state index is 0.321. The third kappa shape index (κ3) is 5.94. The number of amides is 3. The van der Waals surface area contributed by atoms with Crippen molar-refractivity contribution in [2.75, 3.05) is 27.3 Å². The molecule has 3 amide bonds. The van der Waals surface area contributed by atoms with E-state index < -0.39 is 5.97 Å². The highest BCUT2D eigenvalue weighted by molar-refractivity contribution is 6.13. The number of imide groups is 1. The summed E-state index contributed by atoms with van der Waals surface area (Å²) in [6, 6.07) is 5.40. The van der Waals surface area contributed by atoms with Crippen LogP contribution in [0.4, 0.5) is 4.79 Å². The second kappa shape index (κ2) is 10.5. The van der Waals surface area contributed by atoms with Crippen LogP contribution in [-0.4, -0.2) is 55.0 Å². The number of nitrogens with zero attached hydrogens (tertiary/aromatic N) is 2. The van der Waals surface area contributed by atoms with Gasteiger partial charge in [-0.3, -0.25) is 14.6 Å². The van der Waals surface area contributed by atoms with E-state index in [-0.39, 0.29) is 11.9 Å². The molecule has 1 aliphatic rings. The van der Waals surface area contributed by atoms with Gasteiger partial charge in [-0.1, -0.05) is 18.2 Å².